The largest absolute Gasteiger partial charge is 0.366 e. The normalized spacial score (nSPS) is 16.1. The third-order valence-corrected chi connectivity index (χ3v) is 9.11. The standard InChI is InChI=1S/C24H30N4O5S2/c1-3-35(32,33)28-10-8-18(9-11-28)22-15-26-23-20(22)12-19(13-21(23)24(25)29)17-6-4-16(5-7-17)14-27-34(2,30)31/h4-7,12-13,15,18,26-27H,3,8-11,14H2,1-2H3,(H2,25,29). The number of hydrogen-bond donors (Lipinski definition) is 3. The summed E-state index contributed by atoms with van der Waals surface area (Å²) < 4.78 is 51.2. The van der Waals surface area contributed by atoms with Gasteiger partial charge >= 0.3 is 0 Å². The zero-order chi connectivity index (χ0) is 25.4. The number of primary amides is 1. The third kappa shape index (κ3) is 5.58. The van der Waals surface area contributed by atoms with Crippen molar-refractivity contribution in [2.45, 2.75) is 32.2 Å². The first-order valence-corrected chi connectivity index (χ1v) is 14.9. The third-order valence-electron chi connectivity index (χ3n) is 6.56. The van der Waals surface area contributed by atoms with E-state index in [1.807, 2.05) is 36.5 Å². The molecule has 1 amide bonds. The summed E-state index contributed by atoms with van der Waals surface area (Å²) in [5.41, 5.74) is 10.3. The van der Waals surface area contributed by atoms with Crippen LogP contribution in [0.5, 0.6) is 0 Å². The van der Waals surface area contributed by atoms with Crippen LogP contribution in [0.25, 0.3) is 22.0 Å². The highest BCUT2D eigenvalue weighted by Gasteiger charge is 2.29. The fraction of sp³-hybridized carbons (Fsp3) is 0.375. The van der Waals surface area contributed by atoms with Crippen LogP contribution in [-0.4, -0.2) is 57.1 Å². The lowest BCUT2D eigenvalue weighted by molar-refractivity contribution is 0.100. The molecular formula is C24H30N4O5S2. The van der Waals surface area contributed by atoms with Crippen molar-refractivity contribution in [1.29, 1.82) is 0 Å². The summed E-state index contributed by atoms with van der Waals surface area (Å²) in [4.78, 5) is 15.5. The maximum Gasteiger partial charge on any atom is 0.250 e. The van der Waals surface area contributed by atoms with E-state index in [2.05, 4.69) is 9.71 Å². The van der Waals surface area contributed by atoms with Crippen molar-refractivity contribution in [3.8, 4) is 11.1 Å². The number of fused-ring (bicyclic) bond motifs is 1. The van der Waals surface area contributed by atoms with Crippen molar-refractivity contribution in [1.82, 2.24) is 14.0 Å². The maximum absolute atomic E-state index is 12.3. The molecule has 4 N–H and O–H groups in total. The van der Waals surface area contributed by atoms with E-state index in [4.69, 9.17) is 5.73 Å². The van der Waals surface area contributed by atoms with Gasteiger partial charge in [0.05, 0.1) is 23.1 Å². The van der Waals surface area contributed by atoms with Gasteiger partial charge in [-0.3, -0.25) is 4.79 Å². The van der Waals surface area contributed by atoms with E-state index in [1.54, 1.807) is 17.3 Å². The number of nitrogens with zero attached hydrogens (tertiary/aromatic N) is 1. The van der Waals surface area contributed by atoms with Gasteiger partial charge in [-0.25, -0.2) is 25.9 Å². The van der Waals surface area contributed by atoms with Crippen LogP contribution in [0.4, 0.5) is 0 Å². The van der Waals surface area contributed by atoms with E-state index in [1.165, 1.54) is 0 Å². The molecule has 2 aromatic carbocycles. The van der Waals surface area contributed by atoms with Gasteiger partial charge in [0.25, 0.3) is 5.91 Å². The van der Waals surface area contributed by atoms with Gasteiger partial charge in [-0.15, -0.1) is 0 Å². The Bertz CT molecular complexity index is 1450. The van der Waals surface area contributed by atoms with Crippen LogP contribution in [0, 0.1) is 0 Å². The number of aromatic nitrogens is 1. The van der Waals surface area contributed by atoms with Crippen LogP contribution >= 0.6 is 0 Å². The van der Waals surface area contributed by atoms with Crippen molar-refractivity contribution in [3.05, 3.63) is 59.3 Å². The molecule has 1 fully saturated rings. The SMILES string of the molecule is CCS(=O)(=O)N1CCC(c2c[nH]c3c(C(N)=O)cc(-c4ccc(CNS(C)(=O)=O)cc4)cc23)CC1. The minimum absolute atomic E-state index is 0.0964. The number of benzene rings is 2. The molecule has 1 aliphatic rings. The molecule has 188 valence electrons. The molecule has 0 aliphatic carbocycles. The van der Waals surface area contributed by atoms with Gasteiger partial charge in [0.1, 0.15) is 0 Å². The predicted molar refractivity (Wildman–Crippen MR) is 137 cm³/mol. The molecule has 0 radical (unpaired) electrons. The zero-order valence-corrected chi connectivity index (χ0v) is 21.4. The lowest BCUT2D eigenvalue weighted by Gasteiger charge is -2.31. The summed E-state index contributed by atoms with van der Waals surface area (Å²) >= 11 is 0. The predicted octanol–water partition coefficient (Wildman–Crippen LogP) is 2.51. The first-order valence-electron chi connectivity index (χ1n) is 11.4. The minimum Gasteiger partial charge on any atom is -0.366 e. The molecule has 35 heavy (non-hydrogen) atoms. The van der Waals surface area contributed by atoms with Crippen LogP contribution in [0.1, 0.15) is 47.2 Å². The van der Waals surface area contributed by atoms with Crippen LogP contribution in [0.2, 0.25) is 0 Å². The Morgan fingerprint density at radius 1 is 1.09 bits per heavy atom. The smallest absolute Gasteiger partial charge is 0.250 e. The first-order chi connectivity index (χ1) is 16.5. The van der Waals surface area contributed by atoms with Gasteiger partial charge in [0.15, 0.2) is 0 Å². The molecule has 0 atom stereocenters. The molecule has 4 rings (SSSR count). The van der Waals surface area contributed by atoms with Crippen LogP contribution in [0.15, 0.2) is 42.6 Å². The average molecular weight is 519 g/mol. The van der Waals surface area contributed by atoms with Gasteiger partial charge in [-0.1, -0.05) is 24.3 Å². The molecule has 0 spiro atoms. The van der Waals surface area contributed by atoms with Crippen molar-refractivity contribution < 1.29 is 21.6 Å². The summed E-state index contributed by atoms with van der Waals surface area (Å²) in [5.74, 6) is -0.283. The molecule has 2 heterocycles. The van der Waals surface area contributed by atoms with Crippen LogP contribution in [-0.2, 0) is 26.6 Å². The van der Waals surface area contributed by atoms with E-state index >= 15 is 0 Å². The Kier molecular flexibility index (Phi) is 7.05. The Morgan fingerprint density at radius 2 is 1.74 bits per heavy atom. The molecule has 3 aromatic rings. The topological polar surface area (TPSA) is 142 Å². The maximum atomic E-state index is 12.3. The van der Waals surface area contributed by atoms with Crippen LogP contribution < -0.4 is 10.5 Å². The van der Waals surface area contributed by atoms with E-state index in [9.17, 15) is 21.6 Å². The number of nitrogens with one attached hydrogen (secondary N) is 2. The molecule has 1 aromatic heterocycles. The highest BCUT2D eigenvalue weighted by molar-refractivity contribution is 7.89. The van der Waals surface area contributed by atoms with Gasteiger partial charge in [-0.2, -0.15) is 0 Å². The molecule has 0 bridgehead atoms. The van der Waals surface area contributed by atoms with Crippen LogP contribution in [0.3, 0.4) is 0 Å². The Balaban J connectivity index is 1.66. The zero-order valence-electron chi connectivity index (χ0n) is 19.7. The van der Waals surface area contributed by atoms with Gasteiger partial charge in [0, 0.05) is 31.2 Å². The number of sulfonamides is 2. The number of carbonyl (C=O) groups is 1. The summed E-state index contributed by atoms with van der Waals surface area (Å²) in [6.45, 7) is 2.79. The molecule has 11 heteroatoms. The number of rotatable bonds is 8. The average Bonchev–Trinajstić information content (AvgIpc) is 3.26. The molecule has 0 saturated carbocycles. The second-order valence-corrected chi connectivity index (χ2v) is 13.0. The summed E-state index contributed by atoms with van der Waals surface area (Å²) in [5, 5.41) is 0.899. The number of piperidine rings is 1. The molecule has 9 nitrogen and oxygen atoms in total. The minimum atomic E-state index is -3.29. The summed E-state index contributed by atoms with van der Waals surface area (Å²) in [6.07, 6.45) is 4.41. The number of amides is 1. The van der Waals surface area contributed by atoms with Gasteiger partial charge in [-0.05, 0) is 60.1 Å². The van der Waals surface area contributed by atoms with Gasteiger partial charge in [0.2, 0.25) is 20.0 Å². The fourth-order valence-corrected chi connectivity index (χ4v) is 6.17. The summed E-state index contributed by atoms with van der Waals surface area (Å²) in [6, 6.07) is 11.2. The lowest BCUT2D eigenvalue weighted by atomic mass is 9.88. The Labute approximate surface area is 205 Å². The van der Waals surface area contributed by atoms with Crippen molar-refractivity contribution in [3.63, 3.8) is 0 Å². The van der Waals surface area contributed by atoms with Crippen molar-refractivity contribution in [2.75, 3.05) is 25.1 Å². The number of H-pyrrole nitrogens is 1. The van der Waals surface area contributed by atoms with Gasteiger partial charge < -0.3 is 10.7 Å². The number of carbonyl (C=O) groups excluding carboxylic acids is 1. The van der Waals surface area contributed by atoms with Crippen molar-refractivity contribution in [2.24, 2.45) is 5.73 Å². The molecule has 0 unspecified atom stereocenters. The quantitative estimate of drug-likeness (QED) is 0.420. The second-order valence-electron chi connectivity index (χ2n) is 8.92. The molecular weight excluding hydrogens is 488 g/mol. The number of hydrogen-bond acceptors (Lipinski definition) is 5. The fourth-order valence-electron chi connectivity index (χ4n) is 4.61. The molecule has 1 saturated heterocycles. The monoisotopic (exact) mass is 518 g/mol. The number of nitrogens with two attached hydrogens (primary N) is 1. The highest BCUT2D eigenvalue weighted by Crippen LogP contribution is 2.37. The van der Waals surface area contributed by atoms with E-state index < -0.39 is 26.0 Å². The Hall–Kier alpha value is -2.73. The highest BCUT2D eigenvalue weighted by atomic mass is 32.2. The summed E-state index contributed by atoms with van der Waals surface area (Å²) in [7, 11) is -6.49. The van der Waals surface area contributed by atoms with E-state index in [0.717, 1.165) is 33.9 Å². The van der Waals surface area contributed by atoms with Crippen molar-refractivity contribution >= 4 is 36.9 Å². The first kappa shape index (κ1) is 25.4. The van der Waals surface area contributed by atoms with E-state index in [0.29, 0.717) is 37.0 Å². The number of aromatic amines is 1. The Morgan fingerprint density at radius 3 is 2.31 bits per heavy atom. The lowest BCUT2D eigenvalue weighted by Crippen LogP contribution is -2.38. The second kappa shape index (κ2) is 9.73. The van der Waals surface area contributed by atoms with E-state index in [-0.39, 0.29) is 18.2 Å². The molecule has 1 aliphatic heterocycles.